The van der Waals surface area contributed by atoms with Gasteiger partial charge in [0, 0.05) is 12.6 Å². The monoisotopic (exact) mass is 395 g/mol. The number of benzene rings is 1. The first-order valence-electron chi connectivity index (χ1n) is 8.32. The highest BCUT2D eigenvalue weighted by molar-refractivity contribution is 7.18. The molecule has 1 fully saturated rings. The van der Waals surface area contributed by atoms with Crippen LogP contribution in [0.25, 0.3) is 0 Å². The minimum absolute atomic E-state index is 0.0396. The van der Waals surface area contributed by atoms with E-state index in [1.165, 1.54) is 23.5 Å². The Morgan fingerprint density at radius 1 is 1.35 bits per heavy atom. The average Bonchev–Trinajstić information content (AvgIpc) is 3.22. The predicted molar refractivity (Wildman–Crippen MR) is 102 cm³/mol. The highest BCUT2D eigenvalue weighted by Crippen LogP contribution is 2.28. The van der Waals surface area contributed by atoms with Crippen LogP contribution in [0.15, 0.2) is 24.3 Å². The van der Waals surface area contributed by atoms with Crippen molar-refractivity contribution in [3.05, 3.63) is 51.1 Å². The van der Waals surface area contributed by atoms with Crippen LogP contribution in [0.5, 0.6) is 0 Å². The fraction of sp³-hybridized carbons (Fsp3) is 0.333. The van der Waals surface area contributed by atoms with Crippen LogP contribution in [0.1, 0.15) is 38.4 Å². The maximum atomic E-state index is 13.1. The summed E-state index contributed by atoms with van der Waals surface area (Å²) in [4.78, 5) is 25.3. The molecule has 3 N–H and O–H groups in total. The molecule has 0 spiro atoms. The third kappa shape index (κ3) is 4.41. The SMILES string of the molecule is Cc1cc(NC(=O)c2ccc(F)cc2Cl)sc1C(=O)NCC1CCCN1. The van der Waals surface area contributed by atoms with Gasteiger partial charge in [0.1, 0.15) is 5.82 Å². The minimum atomic E-state index is -0.505. The van der Waals surface area contributed by atoms with Gasteiger partial charge in [-0.1, -0.05) is 11.6 Å². The molecule has 0 radical (unpaired) electrons. The Bertz CT molecular complexity index is 834. The first kappa shape index (κ1) is 18.8. The summed E-state index contributed by atoms with van der Waals surface area (Å²) in [5.41, 5.74) is 0.963. The lowest BCUT2D eigenvalue weighted by atomic mass is 10.2. The number of nitrogens with one attached hydrogen (secondary N) is 3. The zero-order valence-electron chi connectivity index (χ0n) is 14.2. The van der Waals surface area contributed by atoms with Gasteiger partial charge >= 0.3 is 0 Å². The van der Waals surface area contributed by atoms with Gasteiger partial charge in [-0.3, -0.25) is 9.59 Å². The van der Waals surface area contributed by atoms with E-state index in [0.717, 1.165) is 31.0 Å². The van der Waals surface area contributed by atoms with Gasteiger partial charge in [0.2, 0.25) is 0 Å². The van der Waals surface area contributed by atoms with Crippen molar-refractivity contribution < 1.29 is 14.0 Å². The normalized spacial score (nSPS) is 16.5. The summed E-state index contributed by atoms with van der Waals surface area (Å²) in [6.45, 7) is 3.39. The Kier molecular flexibility index (Phi) is 5.90. The molecule has 1 aliphatic rings. The predicted octanol–water partition coefficient (Wildman–Crippen LogP) is 3.58. The minimum Gasteiger partial charge on any atom is -0.350 e. The summed E-state index contributed by atoms with van der Waals surface area (Å²) in [7, 11) is 0. The molecule has 2 heterocycles. The first-order valence-corrected chi connectivity index (χ1v) is 9.52. The molecule has 1 aromatic carbocycles. The topological polar surface area (TPSA) is 70.2 Å². The van der Waals surface area contributed by atoms with Crippen LogP contribution in [-0.4, -0.2) is 30.9 Å². The van der Waals surface area contributed by atoms with Gasteiger partial charge in [-0.25, -0.2) is 4.39 Å². The molecule has 26 heavy (non-hydrogen) atoms. The van der Waals surface area contributed by atoms with Crippen molar-refractivity contribution in [2.45, 2.75) is 25.8 Å². The summed E-state index contributed by atoms with van der Waals surface area (Å²) in [5.74, 6) is -1.10. The number of aryl methyl sites for hydroxylation is 1. The van der Waals surface area contributed by atoms with Gasteiger partial charge in [-0.15, -0.1) is 11.3 Å². The summed E-state index contributed by atoms with van der Waals surface area (Å²) in [5, 5.41) is 9.55. The fourth-order valence-electron chi connectivity index (χ4n) is 2.85. The lowest BCUT2D eigenvalue weighted by Gasteiger charge is -2.11. The third-order valence-electron chi connectivity index (χ3n) is 4.21. The van der Waals surface area contributed by atoms with Gasteiger partial charge in [-0.2, -0.15) is 0 Å². The third-order valence-corrected chi connectivity index (χ3v) is 5.67. The van der Waals surface area contributed by atoms with Gasteiger partial charge < -0.3 is 16.0 Å². The number of rotatable bonds is 5. The maximum Gasteiger partial charge on any atom is 0.261 e. The Morgan fingerprint density at radius 2 is 2.15 bits per heavy atom. The van der Waals surface area contributed by atoms with Crippen LogP contribution in [0, 0.1) is 12.7 Å². The van der Waals surface area contributed by atoms with E-state index in [-0.39, 0.29) is 16.5 Å². The van der Waals surface area contributed by atoms with E-state index in [9.17, 15) is 14.0 Å². The number of carbonyl (C=O) groups excluding carboxylic acids is 2. The summed E-state index contributed by atoms with van der Waals surface area (Å²) in [6.07, 6.45) is 2.18. The number of amides is 2. The number of thiophene rings is 1. The zero-order chi connectivity index (χ0) is 18.7. The molecular weight excluding hydrogens is 377 g/mol. The molecule has 1 aromatic heterocycles. The van der Waals surface area contributed by atoms with Crippen molar-refractivity contribution in [2.75, 3.05) is 18.4 Å². The molecule has 5 nitrogen and oxygen atoms in total. The smallest absolute Gasteiger partial charge is 0.261 e. The van der Waals surface area contributed by atoms with E-state index in [1.807, 2.05) is 6.92 Å². The molecule has 138 valence electrons. The molecule has 0 saturated carbocycles. The standard InChI is InChI=1S/C18H19ClFN3O2S/c1-10-7-15(23-17(24)13-5-4-11(20)8-14(13)19)26-16(10)18(25)22-9-12-3-2-6-21-12/h4-5,7-8,12,21H,2-3,6,9H2,1H3,(H,22,25)(H,23,24). The van der Waals surface area contributed by atoms with Gasteiger partial charge in [-0.05, 0) is 56.1 Å². The molecule has 0 aliphatic carbocycles. The van der Waals surface area contributed by atoms with Crippen molar-refractivity contribution in [2.24, 2.45) is 0 Å². The van der Waals surface area contributed by atoms with E-state index in [1.54, 1.807) is 6.07 Å². The number of carbonyl (C=O) groups is 2. The Labute approximate surface area is 159 Å². The van der Waals surface area contributed by atoms with E-state index in [2.05, 4.69) is 16.0 Å². The van der Waals surface area contributed by atoms with Crippen molar-refractivity contribution in [1.29, 1.82) is 0 Å². The molecular formula is C18H19ClFN3O2S. The lowest BCUT2D eigenvalue weighted by Crippen LogP contribution is -2.37. The molecule has 1 unspecified atom stereocenters. The molecule has 3 rings (SSSR count). The van der Waals surface area contributed by atoms with E-state index in [4.69, 9.17) is 11.6 Å². The Morgan fingerprint density at radius 3 is 2.85 bits per heavy atom. The van der Waals surface area contributed by atoms with Crippen molar-refractivity contribution in [3.8, 4) is 0 Å². The van der Waals surface area contributed by atoms with Gasteiger partial charge in [0.05, 0.1) is 20.5 Å². The highest BCUT2D eigenvalue weighted by atomic mass is 35.5. The average molecular weight is 396 g/mol. The Balaban J connectivity index is 1.65. The van der Waals surface area contributed by atoms with Crippen LogP contribution in [0.3, 0.4) is 0 Å². The number of hydrogen-bond acceptors (Lipinski definition) is 4. The molecule has 1 atom stereocenters. The van der Waals surface area contributed by atoms with Crippen LogP contribution in [0.4, 0.5) is 9.39 Å². The highest BCUT2D eigenvalue weighted by Gasteiger charge is 2.19. The molecule has 0 bridgehead atoms. The summed E-state index contributed by atoms with van der Waals surface area (Å²) in [6, 6.07) is 5.65. The maximum absolute atomic E-state index is 13.1. The molecule has 2 amide bonds. The fourth-order valence-corrected chi connectivity index (χ4v) is 4.09. The number of anilines is 1. The van der Waals surface area contributed by atoms with Crippen LogP contribution >= 0.6 is 22.9 Å². The van der Waals surface area contributed by atoms with E-state index in [0.29, 0.717) is 22.5 Å². The van der Waals surface area contributed by atoms with Crippen LogP contribution < -0.4 is 16.0 Å². The van der Waals surface area contributed by atoms with Crippen LogP contribution in [-0.2, 0) is 0 Å². The van der Waals surface area contributed by atoms with E-state index >= 15 is 0 Å². The Hall–Kier alpha value is -1.96. The number of halogens is 2. The molecule has 1 saturated heterocycles. The first-order chi connectivity index (χ1) is 12.4. The second kappa shape index (κ2) is 8.16. The van der Waals surface area contributed by atoms with E-state index < -0.39 is 11.7 Å². The van der Waals surface area contributed by atoms with Crippen molar-refractivity contribution >= 4 is 39.8 Å². The van der Waals surface area contributed by atoms with Crippen molar-refractivity contribution in [3.63, 3.8) is 0 Å². The molecule has 2 aromatic rings. The van der Waals surface area contributed by atoms with Crippen molar-refractivity contribution in [1.82, 2.24) is 10.6 Å². The molecule has 8 heteroatoms. The lowest BCUT2D eigenvalue weighted by molar-refractivity contribution is 0.0953. The van der Waals surface area contributed by atoms with Crippen LogP contribution in [0.2, 0.25) is 5.02 Å². The zero-order valence-corrected chi connectivity index (χ0v) is 15.8. The number of hydrogen-bond donors (Lipinski definition) is 3. The van der Waals surface area contributed by atoms with Gasteiger partial charge in [0.15, 0.2) is 0 Å². The summed E-state index contributed by atoms with van der Waals surface area (Å²) >= 11 is 7.11. The second-order valence-corrected chi connectivity index (χ2v) is 7.66. The summed E-state index contributed by atoms with van der Waals surface area (Å²) < 4.78 is 13.1. The largest absolute Gasteiger partial charge is 0.350 e. The quantitative estimate of drug-likeness (QED) is 0.724. The van der Waals surface area contributed by atoms with Gasteiger partial charge in [0.25, 0.3) is 11.8 Å². The second-order valence-electron chi connectivity index (χ2n) is 6.20. The molecule has 1 aliphatic heterocycles.